The molecule has 0 spiro atoms. The number of nitrogens with zero attached hydrogens (tertiary/aromatic N) is 3. The van der Waals surface area contributed by atoms with E-state index in [9.17, 15) is 9.59 Å². The van der Waals surface area contributed by atoms with Gasteiger partial charge in [-0.15, -0.1) is 0 Å². The third kappa shape index (κ3) is 5.30. The van der Waals surface area contributed by atoms with Crippen molar-refractivity contribution in [3.8, 4) is 11.3 Å². The van der Waals surface area contributed by atoms with Crippen LogP contribution in [0.15, 0.2) is 54.9 Å². The first-order valence-corrected chi connectivity index (χ1v) is 10.7. The average Bonchev–Trinajstić information content (AvgIpc) is 3.31. The van der Waals surface area contributed by atoms with Gasteiger partial charge in [0, 0.05) is 42.6 Å². The molecule has 0 bridgehead atoms. The smallest absolute Gasteiger partial charge is 0.271 e. The summed E-state index contributed by atoms with van der Waals surface area (Å²) >= 11 is 5.90. The molecule has 7 nitrogen and oxygen atoms in total. The summed E-state index contributed by atoms with van der Waals surface area (Å²) in [6.07, 6.45) is 5.69. The Morgan fingerprint density at radius 2 is 1.94 bits per heavy atom. The highest BCUT2D eigenvalue weighted by molar-refractivity contribution is 6.30. The van der Waals surface area contributed by atoms with Crippen molar-refractivity contribution in [1.82, 2.24) is 25.4 Å². The van der Waals surface area contributed by atoms with Gasteiger partial charge in [-0.1, -0.05) is 23.7 Å². The maximum atomic E-state index is 12.9. The molecule has 8 heteroatoms. The molecule has 31 heavy (non-hydrogen) atoms. The number of hydrogen-bond acceptors (Lipinski definition) is 4. The molecule has 4 rings (SSSR count). The number of piperidine rings is 1. The van der Waals surface area contributed by atoms with E-state index >= 15 is 0 Å². The molecule has 3 aromatic rings. The first-order chi connectivity index (χ1) is 15.1. The highest BCUT2D eigenvalue weighted by atomic mass is 35.5. The van der Waals surface area contributed by atoms with E-state index in [4.69, 9.17) is 11.6 Å². The van der Waals surface area contributed by atoms with Crippen molar-refractivity contribution < 1.29 is 9.59 Å². The zero-order valence-corrected chi connectivity index (χ0v) is 17.8. The summed E-state index contributed by atoms with van der Waals surface area (Å²) in [6, 6.07) is 13.0. The molecule has 1 fully saturated rings. The maximum Gasteiger partial charge on any atom is 0.271 e. The highest BCUT2D eigenvalue weighted by Gasteiger charge is 2.29. The summed E-state index contributed by atoms with van der Waals surface area (Å²) in [7, 11) is 0. The van der Waals surface area contributed by atoms with Crippen LogP contribution in [0.4, 0.5) is 0 Å². The lowest BCUT2D eigenvalue weighted by molar-refractivity contribution is -0.126. The first kappa shape index (κ1) is 21.1. The fourth-order valence-corrected chi connectivity index (χ4v) is 3.90. The van der Waals surface area contributed by atoms with Crippen LogP contribution < -0.4 is 5.32 Å². The number of amides is 2. The van der Waals surface area contributed by atoms with Crippen LogP contribution in [0, 0.1) is 5.92 Å². The number of carbonyl (C=O) groups is 2. The van der Waals surface area contributed by atoms with Crippen molar-refractivity contribution in [2.45, 2.75) is 19.3 Å². The second-order valence-corrected chi connectivity index (χ2v) is 8.10. The maximum absolute atomic E-state index is 12.9. The Hall–Kier alpha value is -3.19. The number of aromatic nitrogens is 3. The molecule has 1 aliphatic rings. The third-order valence-corrected chi connectivity index (χ3v) is 5.74. The molecule has 2 aromatic heterocycles. The van der Waals surface area contributed by atoms with Gasteiger partial charge in [0.15, 0.2) is 0 Å². The van der Waals surface area contributed by atoms with Gasteiger partial charge in [-0.25, -0.2) is 0 Å². The molecule has 2 amide bonds. The lowest BCUT2D eigenvalue weighted by atomic mass is 9.96. The van der Waals surface area contributed by atoms with Gasteiger partial charge in [0.1, 0.15) is 5.69 Å². The number of aromatic amines is 1. The largest absolute Gasteiger partial charge is 0.355 e. The third-order valence-electron chi connectivity index (χ3n) is 5.49. The molecule has 160 valence electrons. The van der Waals surface area contributed by atoms with E-state index in [2.05, 4.69) is 20.5 Å². The van der Waals surface area contributed by atoms with E-state index in [-0.39, 0.29) is 17.7 Å². The van der Waals surface area contributed by atoms with Crippen LogP contribution in [-0.4, -0.2) is 51.5 Å². The second-order valence-electron chi connectivity index (χ2n) is 7.66. The van der Waals surface area contributed by atoms with Crippen LogP contribution in [-0.2, 0) is 11.2 Å². The van der Waals surface area contributed by atoms with Crippen molar-refractivity contribution in [1.29, 1.82) is 0 Å². The Morgan fingerprint density at radius 3 is 2.71 bits per heavy atom. The molecule has 0 radical (unpaired) electrons. The second kappa shape index (κ2) is 9.75. The summed E-state index contributed by atoms with van der Waals surface area (Å²) in [5.41, 5.74) is 3.13. The Morgan fingerprint density at radius 1 is 1.16 bits per heavy atom. The summed E-state index contributed by atoms with van der Waals surface area (Å²) in [5, 5.41) is 10.8. The number of halogens is 1. The van der Waals surface area contributed by atoms with Crippen LogP contribution in [0.1, 0.15) is 28.9 Å². The van der Waals surface area contributed by atoms with Crippen molar-refractivity contribution >= 4 is 23.4 Å². The predicted molar refractivity (Wildman–Crippen MR) is 119 cm³/mol. The van der Waals surface area contributed by atoms with Gasteiger partial charge in [-0.05, 0) is 55.2 Å². The van der Waals surface area contributed by atoms with Gasteiger partial charge in [-0.3, -0.25) is 19.7 Å². The number of benzene rings is 1. The van der Waals surface area contributed by atoms with Gasteiger partial charge in [0.2, 0.25) is 5.91 Å². The minimum atomic E-state index is -0.203. The van der Waals surface area contributed by atoms with Gasteiger partial charge in [-0.2, -0.15) is 5.10 Å². The van der Waals surface area contributed by atoms with Crippen molar-refractivity contribution in [2.24, 2.45) is 5.92 Å². The quantitative estimate of drug-likeness (QED) is 0.618. The lowest BCUT2D eigenvalue weighted by Crippen LogP contribution is -2.45. The Kier molecular flexibility index (Phi) is 6.62. The fourth-order valence-electron chi connectivity index (χ4n) is 3.77. The monoisotopic (exact) mass is 437 g/mol. The molecule has 0 unspecified atom stereocenters. The topological polar surface area (TPSA) is 91.0 Å². The van der Waals surface area contributed by atoms with E-state index in [0.29, 0.717) is 36.0 Å². The molecular weight excluding hydrogens is 414 g/mol. The van der Waals surface area contributed by atoms with Gasteiger partial charge in [0.05, 0.1) is 11.6 Å². The minimum Gasteiger partial charge on any atom is -0.355 e. The molecule has 1 saturated heterocycles. The number of rotatable bonds is 6. The van der Waals surface area contributed by atoms with E-state index in [1.165, 1.54) is 0 Å². The molecule has 0 saturated carbocycles. The minimum absolute atomic E-state index is 0.00597. The average molecular weight is 438 g/mol. The van der Waals surface area contributed by atoms with Crippen LogP contribution in [0.25, 0.3) is 11.3 Å². The summed E-state index contributed by atoms with van der Waals surface area (Å²) in [6.45, 7) is 1.60. The number of H-pyrrole nitrogens is 1. The van der Waals surface area contributed by atoms with Gasteiger partial charge >= 0.3 is 0 Å². The number of hydrogen-bond donors (Lipinski definition) is 2. The Bertz CT molecular complexity index is 1040. The summed E-state index contributed by atoms with van der Waals surface area (Å²) in [4.78, 5) is 31.3. The molecule has 1 atom stereocenters. The van der Waals surface area contributed by atoms with Crippen molar-refractivity contribution in [3.63, 3.8) is 0 Å². The Labute approximate surface area is 185 Å². The number of nitrogens with one attached hydrogen (secondary N) is 2. The van der Waals surface area contributed by atoms with Crippen molar-refractivity contribution in [3.05, 3.63) is 71.1 Å². The molecular formula is C23H24ClN5O2. The fraction of sp³-hybridized carbons (Fsp3) is 0.304. The zero-order chi connectivity index (χ0) is 21.6. The molecule has 3 heterocycles. The van der Waals surface area contributed by atoms with E-state index in [0.717, 1.165) is 30.4 Å². The lowest BCUT2D eigenvalue weighted by Gasteiger charge is -2.31. The molecule has 2 N–H and O–H groups in total. The normalized spacial score (nSPS) is 16.2. The SMILES string of the molecule is O=C(NCCc1ccc(Cl)cc1)[C@H]1CCCN(C(=O)c2cc(-c3ccncc3)n[nH]2)C1. The number of carbonyl (C=O) groups excluding carboxylic acids is 2. The van der Waals surface area contributed by atoms with Crippen molar-refractivity contribution in [2.75, 3.05) is 19.6 Å². The van der Waals surface area contributed by atoms with E-state index in [1.54, 1.807) is 23.4 Å². The van der Waals surface area contributed by atoms with Gasteiger partial charge in [0.25, 0.3) is 5.91 Å². The molecule has 1 aromatic carbocycles. The predicted octanol–water partition coefficient (Wildman–Crippen LogP) is 3.34. The molecule has 1 aliphatic heterocycles. The number of likely N-dealkylation sites (tertiary alicyclic amines) is 1. The zero-order valence-electron chi connectivity index (χ0n) is 17.1. The highest BCUT2D eigenvalue weighted by Crippen LogP contribution is 2.21. The standard InChI is InChI=1S/C23H24ClN5O2/c24-19-5-3-16(4-6-19)7-12-26-22(30)18-2-1-13-29(15-18)23(31)21-14-20(27-28-21)17-8-10-25-11-9-17/h3-6,8-11,14,18H,1-2,7,12-13,15H2,(H,26,30)(H,27,28)/t18-/m0/s1. The van der Waals surface area contributed by atoms with Crippen LogP contribution >= 0.6 is 11.6 Å². The molecule has 0 aliphatic carbocycles. The Balaban J connectivity index is 1.31. The van der Waals surface area contributed by atoms with Crippen LogP contribution in [0.3, 0.4) is 0 Å². The first-order valence-electron chi connectivity index (χ1n) is 10.4. The van der Waals surface area contributed by atoms with Crippen LogP contribution in [0.2, 0.25) is 5.02 Å². The van der Waals surface area contributed by atoms with Crippen LogP contribution in [0.5, 0.6) is 0 Å². The van der Waals surface area contributed by atoms with E-state index in [1.807, 2.05) is 36.4 Å². The van der Waals surface area contributed by atoms with Gasteiger partial charge < -0.3 is 10.2 Å². The number of pyridine rings is 1. The van der Waals surface area contributed by atoms with E-state index < -0.39 is 0 Å². The summed E-state index contributed by atoms with van der Waals surface area (Å²) in [5.74, 6) is -0.342. The summed E-state index contributed by atoms with van der Waals surface area (Å²) < 4.78 is 0.